The smallest absolute Gasteiger partial charge is 0.238 e. The molecule has 2 aliphatic rings. The molecule has 3 heterocycles. The first-order valence-electron chi connectivity index (χ1n) is 6.43. The van der Waals surface area contributed by atoms with Gasteiger partial charge in [-0.1, -0.05) is 13.0 Å². The second-order valence-electron chi connectivity index (χ2n) is 5.01. The lowest BCUT2D eigenvalue weighted by Gasteiger charge is -2.38. The predicted octanol–water partition coefficient (Wildman–Crippen LogP) is 1.60. The summed E-state index contributed by atoms with van der Waals surface area (Å²) >= 11 is 1.70. The number of amides is 1. The molecular weight excluding hydrogens is 248 g/mol. The molecule has 0 spiro atoms. The van der Waals surface area contributed by atoms with Gasteiger partial charge in [-0.25, -0.2) is 0 Å². The molecule has 5 heteroatoms. The average molecular weight is 266 g/mol. The van der Waals surface area contributed by atoms with E-state index in [0.29, 0.717) is 18.5 Å². The van der Waals surface area contributed by atoms with Crippen molar-refractivity contribution in [3.05, 3.63) is 22.4 Å². The van der Waals surface area contributed by atoms with Crippen molar-refractivity contribution in [2.24, 2.45) is 5.92 Å². The van der Waals surface area contributed by atoms with Crippen LogP contribution in [0.3, 0.4) is 0 Å². The highest BCUT2D eigenvalue weighted by Gasteiger charge is 2.40. The molecule has 0 bridgehead atoms. The molecule has 0 saturated carbocycles. The van der Waals surface area contributed by atoms with Crippen LogP contribution in [0.4, 0.5) is 0 Å². The summed E-state index contributed by atoms with van der Waals surface area (Å²) in [6.45, 7) is 4.13. The Balaban J connectivity index is 1.85. The summed E-state index contributed by atoms with van der Waals surface area (Å²) < 4.78 is 5.48. The molecule has 18 heavy (non-hydrogen) atoms. The molecule has 0 aliphatic carbocycles. The standard InChI is InChI=1S/C13H18N2O2S/c1-9-8-17-5-4-10(9)15-12(16)7-14-13(15)11-3-2-6-18-11/h2-3,6,9-10,13-14H,4-5,7-8H2,1H3. The summed E-state index contributed by atoms with van der Waals surface area (Å²) in [6.07, 6.45) is 0.999. The normalized spacial score (nSPS) is 33.1. The highest BCUT2D eigenvalue weighted by atomic mass is 32.1. The molecule has 1 amide bonds. The fourth-order valence-electron chi connectivity index (χ4n) is 2.86. The van der Waals surface area contributed by atoms with Gasteiger partial charge in [0, 0.05) is 23.4 Å². The van der Waals surface area contributed by atoms with Crippen LogP contribution in [-0.4, -0.2) is 36.6 Å². The minimum Gasteiger partial charge on any atom is -0.381 e. The van der Waals surface area contributed by atoms with Crippen LogP contribution >= 0.6 is 11.3 Å². The van der Waals surface area contributed by atoms with Crippen molar-refractivity contribution in [1.82, 2.24) is 10.2 Å². The predicted molar refractivity (Wildman–Crippen MR) is 70.3 cm³/mol. The van der Waals surface area contributed by atoms with Crippen molar-refractivity contribution < 1.29 is 9.53 Å². The van der Waals surface area contributed by atoms with Gasteiger partial charge in [0.15, 0.2) is 0 Å². The van der Waals surface area contributed by atoms with Crippen LogP contribution < -0.4 is 5.32 Å². The third-order valence-corrected chi connectivity index (χ3v) is 4.70. The van der Waals surface area contributed by atoms with E-state index in [2.05, 4.69) is 23.7 Å². The summed E-state index contributed by atoms with van der Waals surface area (Å²) in [5.74, 6) is 0.622. The summed E-state index contributed by atoms with van der Waals surface area (Å²) in [5.41, 5.74) is 0. The van der Waals surface area contributed by atoms with Gasteiger partial charge in [0.1, 0.15) is 6.17 Å². The van der Waals surface area contributed by atoms with Crippen LogP contribution in [-0.2, 0) is 9.53 Å². The van der Waals surface area contributed by atoms with Gasteiger partial charge in [-0.05, 0) is 17.9 Å². The van der Waals surface area contributed by atoms with Crippen LogP contribution in [0.2, 0.25) is 0 Å². The lowest BCUT2D eigenvalue weighted by molar-refractivity contribution is -0.134. The minimum atomic E-state index is 0.0584. The van der Waals surface area contributed by atoms with Crippen molar-refractivity contribution in [2.45, 2.75) is 25.6 Å². The third-order valence-electron chi connectivity index (χ3n) is 3.78. The first-order valence-corrected chi connectivity index (χ1v) is 7.31. The molecule has 2 fully saturated rings. The number of nitrogens with one attached hydrogen (secondary N) is 1. The van der Waals surface area contributed by atoms with Crippen LogP contribution in [0, 0.1) is 5.92 Å². The van der Waals surface area contributed by atoms with Gasteiger partial charge >= 0.3 is 0 Å². The molecule has 3 rings (SSSR count). The molecule has 2 saturated heterocycles. The van der Waals surface area contributed by atoms with Crippen molar-refractivity contribution >= 4 is 17.2 Å². The first-order chi connectivity index (χ1) is 8.77. The maximum atomic E-state index is 12.2. The number of carbonyl (C=O) groups excluding carboxylic acids is 1. The molecular formula is C13H18N2O2S. The van der Waals surface area contributed by atoms with Crippen molar-refractivity contribution in [3.8, 4) is 0 Å². The minimum absolute atomic E-state index is 0.0584. The zero-order valence-corrected chi connectivity index (χ0v) is 11.3. The monoisotopic (exact) mass is 266 g/mol. The molecule has 2 aliphatic heterocycles. The molecule has 4 nitrogen and oxygen atoms in total. The number of hydrogen-bond acceptors (Lipinski definition) is 4. The highest BCUT2D eigenvalue weighted by molar-refractivity contribution is 7.10. The van der Waals surface area contributed by atoms with Gasteiger partial charge in [-0.15, -0.1) is 11.3 Å². The summed E-state index contributed by atoms with van der Waals surface area (Å²) in [5, 5.41) is 5.38. The number of ether oxygens (including phenoxy) is 1. The topological polar surface area (TPSA) is 41.6 Å². The van der Waals surface area contributed by atoms with E-state index in [1.165, 1.54) is 4.88 Å². The Morgan fingerprint density at radius 1 is 1.56 bits per heavy atom. The number of hydrogen-bond donors (Lipinski definition) is 1. The van der Waals surface area contributed by atoms with E-state index in [4.69, 9.17) is 4.74 Å². The van der Waals surface area contributed by atoms with E-state index >= 15 is 0 Å². The van der Waals surface area contributed by atoms with Crippen LogP contribution in [0.1, 0.15) is 24.4 Å². The summed E-state index contributed by atoms with van der Waals surface area (Å²) in [4.78, 5) is 15.4. The molecule has 1 N–H and O–H groups in total. The average Bonchev–Trinajstić information content (AvgIpc) is 2.99. The number of nitrogens with zero attached hydrogens (tertiary/aromatic N) is 1. The van der Waals surface area contributed by atoms with Gasteiger partial charge < -0.3 is 9.64 Å². The highest BCUT2D eigenvalue weighted by Crippen LogP contribution is 2.32. The van der Waals surface area contributed by atoms with Crippen molar-refractivity contribution in [2.75, 3.05) is 19.8 Å². The number of carbonyl (C=O) groups is 1. The van der Waals surface area contributed by atoms with Gasteiger partial charge in [0.2, 0.25) is 5.91 Å². The van der Waals surface area contributed by atoms with E-state index < -0.39 is 0 Å². The van der Waals surface area contributed by atoms with Crippen LogP contribution in [0.15, 0.2) is 17.5 Å². The molecule has 3 atom stereocenters. The Morgan fingerprint density at radius 2 is 2.44 bits per heavy atom. The summed E-state index contributed by atoms with van der Waals surface area (Å²) in [6, 6.07) is 4.43. The van der Waals surface area contributed by atoms with E-state index in [1.54, 1.807) is 11.3 Å². The molecule has 0 radical (unpaired) electrons. The zero-order valence-electron chi connectivity index (χ0n) is 10.5. The largest absolute Gasteiger partial charge is 0.381 e. The lowest BCUT2D eigenvalue weighted by Crippen LogP contribution is -2.47. The Kier molecular flexibility index (Phi) is 3.37. The fraction of sp³-hybridized carbons (Fsp3) is 0.615. The van der Waals surface area contributed by atoms with Crippen molar-refractivity contribution in [3.63, 3.8) is 0 Å². The molecule has 0 aromatic carbocycles. The Labute approximate surface area is 111 Å². The zero-order chi connectivity index (χ0) is 12.5. The number of thiophene rings is 1. The second kappa shape index (κ2) is 4.99. The van der Waals surface area contributed by atoms with E-state index in [0.717, 1.165) is 19.6 Å². The van der Waals surface area contributed by atoms with Gasteiger partial charge in [-0.3, -0.25) is 10.1 Å². The first kappa shape index (κ1) is 12.1. The van der Waals surface area contributed by atoms with Gasteiger partial charge in [0.05, 0.1) is 13.2 Å². The Morgan fingerprint density at radius 3 is 3.17 bits per heavy atom. The molecule has 1 aromatic heterocycles. The second-order valence-corrected chi connectivity index (χ2v) is 5.99. The van der Waals surface area contributed by atoms with E-state index in [1.807, 2.05) is 11.0 Å². The van der Waals surface area contributed by atoms with E-state index in [9.17, 15) is 4.79 Å². The van der Waals surface area contributed by atoms with E-state index in [-0.39, 0.29) is 12.1 Å². The molecule has 3 unspecified atom stereocenters. The third kappa shape index (κ3) is 2.06. The number of rotatable bonds is 2. The van der Waals surface area contributed by atoms with Crippen LogP contribution in [0.5, 0.6) is 0 Å². The molecule has 1 aromatic rings. The Hall–Kier alpha value is -0.910. The van der Waals surface area contributed by atoms with Gasteiger partial charge in [0.25, 0.3) is 0 Å². The fourth-order valence-corrected chi connectivity index (χ4v) is 3.66. The summed E-state index contributed by atoms with van der Waals surface area (Å²) in [7, 11) is 0. The quantitative estimate of drug-likeness (QED) is 0.884. The van der Waals surface area contributed by atoms with Gasteiger partial charge in [-0.2, -0.15) is 0 Å². The maximum Gasteiger partial charge on any atom is 0.238 e. The van der Waals surface area contributed by atoms with Crippen molar-refractivity contribution in [1.29, 1.82) is 0 Å². The van der Waals surface area contributed by atoms with Crippen LogP contribution in [0.25, 0.3) is 0 Å². The maximum absolute atomic E-state index is 12.2. The molecule has 98 valence electrons. The Bertz CT molecular complexity index is 421. The lowest BCUT2D eigenvalue weighted by atomic mass is 9.95. The SMILES string of the molecule is CC1COCCC1N1C(=O)CNC1c1cccs1.